The molecule has 1 fully saturated rings. The van der Waals surface area contributed by atoms with Gasteiger partial charge in [0.1, 0.15) is 11.5 Å². The van der Waals surface area contributed by atoms with Crippen LogP contribution in [0.3, 0.4) is 0 Å². The molecule has 96 valence electrons. The van der Waals surface area contributed by atoms with Crippen LogP contribution in [-0.2, 0) is 13.1 Å². The van der Waals surface area contributed by atoms with E-state index < -0.39 is 0 Å². The predicted octanol–water partition coefficient (Wildman–Crippen LogP) is 2.81. The summed E-state index contributed by atoms with van der Waals surface area (Å²) in [7, 11) is 0. The summed E-state index contributed by atoms with van der Waals surface area (Å²) >= 11 is 0. The molecular formula is C14H24N2O. The Hall–Kier alpha value is -0.800. The van der Waals surface area contributed by atoms with Crippen LogP contribution in [0.25, 0.3) is 0 Å². The van der Waals surface area contributed by atoms with Gasteiger partial charge in [-0.25, -0.2) is 0 Å². The third-order valence-corrected chi connectivity index (χ3v) is 3.90. The maximum absolute atomic E-state index is 5.78. The summed E-state index contributed by atoms with van der Waals surface area (Å²) in [5, 5.41) is 0. The van der Waals surface area contributed by atoms with Crippen LogP contribution >= 0.6 is 0 Å². The molecule has 0 atom stereocenters. The van der Waals surface area contributed by atoms with Crippen LogP contribution in [0.2, 0.25) is 0 Å². The summed E-state index contributed by atoms with van der Waals surface area (Å²) in [6.45, 7) is 6.84. The molecule has 0 spiro atoms. The molecular weight excluding hydrogens is 212 g/mol. The SMILES string of the molecule is CCN(Cc1cc(CN)c(C)o1)C1CCCC1. The minimum absolute atomic E-state index is 0.574. The molecule has 1 heterocycles. The minimum atomic E-state index is 0.574. The summed E-state index contributed by atoms with van der Waals surface area (Å²) in [5.74, 6) is 2.04. The molecule has 1 aromatic heterocycles. The van der Waals surface area contributed by atoms with E-state index in [0.717, 1.165) is 36.2 Å². The zero-order valence-corrected chi connectivity index (χ0v) is 11.0. The highest BCUT2D eigenvalue weighted by atomic mass is 16.3. The van der Waals surface area contributed by atoms with Crippen molar-refractivity contribution in [2.24, 2.45) is 5.73 Å². The smallest absolute Gasteiger partial charge is 0.118 e. The second kappa shape index (κ2) is 5.69. The number of furan rings is 1. The van der Waals surface area contributed by atoms with Gasteiger partial charge in [-0.05, 0) is 32.4 Å². The molecule has 3 heteroatoms. The van der Waals surface area contributed by atoms with Gasteiger partial charge in [0.2, 0.25) is 0 Å². The monoisotopic (exact) mass is 236 g/mol. The molecule has 0 aromatic carbocycles. The fourth-order valence-corrected chi connectivity index (χ4v) is 2.84. The van der Waals surface area contributed by atoms with Gasteiger partial charge >= 0.3 is 0 Å². The lowest BCUT2D eigenvalue weighted by molar-refractivity contribution is 0.184. The van der Waals surface area contributed by atoms with Gasteiger partial charge in [-0.2, -0.15) is 0 Å². The molecule has 0 saturated heterocycles. The largest absolute Gasteiger partial charge is 0.465 e. The minimum Gasteiger partial charge on any atom is -0.465 e. The molecule has 2 N–H and O–H groups in total. The van der Waals surface area contributed by atoms with Crippen LogP contribution in [0.1, 0.15) is 49.7 Å². The third-order valence-electron chi connectivity index (χ3n) is 3.90. The standard InChI is InChI=1S/C14H24N2O/c1-3-16(13-6-4-5-7-13)10-14-8-12(9-15)11(2)17-14/h8,13H,3-7,9-10,15H2,1-2H3. The second-order valence-corrected chi connectivity index (χ2v) is 5.00. The van der Waals surface area contributed by atoms with Crippen LogP contribution in [0.15, 0.2) is 10.5 Å². The average molecular weight is 236 g/mol. The Morgan fingerprint density at radius 3 is 2.65 bits per heavy atom. The maximum Gasteiger partial charge on any atom is 0.118 e. The molecule has 17 heavy (non-hydrogen) atoms. The Kier molecular flexibility index (Phi) is 4.24. The number of aryl methyl sites for hydroxylation is 1. The molecule has 0 bridgehead atoms. The van der Waals surface area contributed by atoms with Crippen molar-refractivity contribution in [3.05, 3.63) is 23.2 Å². The van der Waals surface area contributed by atoms with Crippen LogP contribution in [0.5, 0.6) is 0 Å². The molecule has 0 amide bonds. The van der Waals surface area contributed by atoms with Crippen LogP contribution in [-0.4, -0.2) is 17.5 Å². The van der Waals surface area contributed by atoms with Crippen molar-refractivity contribution in [1.82, 2.24) is 4.90 Å². The van der Waals surface area contributed by atoms with Crippen molar-refractivity contribution in [2.75, 3.05) is 6.54 Å². The first kappa shape index (κ1) is 12.7. The van der Waals surface area contributed by atoms with E-state index in [1.165, 1.54) is 25.7 Å². The second-order valence-electron chi connectivity index (χ2n) is 5.00. The number of nitrogens with two attached hydrogens (primary N) is 1. The van der Waals surface area contributed by atoms with E-state index in [2.05, 4.69) is 17.9 Å². The van der Waals surface area contributed by atoms with Crippen molar-refractivity contribution in [2.45, 2.75) is 58.7 Å². The third kappa shape index (κ3) is 2.90. The van der Waals surface area contributed by atoms with Crippen molar-refractivity contribution in [3.63, 3.8) is 0 Å². The molecule has 0 radical (unpaired) electrons. The molecule has 1 aliphatic carbocycles. The topological polar surface area (TPSA) is 42.4 Å². The highest BCUT2D eigenvalue weighted by Gasteiger charge is 2.22. The number of hydrogen-bond donors (Lipinski definition) is 1. The van der Waals surface area contributed by atoms with E-state index in [1.54, 1.807) is 0 Å². The van der Waals surface area contributed by atoms with Crippen molar-refractivity contribution in [1.29, 1.82) is 0 Å². The summed E-state index contributed by atoms with van der Waals surface area (Å²) in [6.07, 6.45) is 5.45. The zero-order chi connectivity index (χ0) is 12.3. The first-order chi connectivity index (χ1) is 8.24. The summed E-state index contributed by atoms with van der Waals surface area (Å²) in [6, 6.07) is 2.87. The van der Waals surface area contributed by atoms with E-state index in [4.69, 9.17) is 10.2 Å². The van der Waals surface area contributed by atoms with Crippen molar-refractivity contribution in [3.8, 4) is 0 Å². The number of hydrogen-bond acceptors (Lipinski definition) is 3. The van der Waals surface area contributed by atoms with Gasteiger partial charge in [-0.3, -0.25) is 4.90 Å². The summed E-state index contributed by atoms with van der Waals surface area (Å²) in [4.78, 5) is 2.53. The lowest BCUT2D eigenvalue weighted by Crippen LogP contribution is -2.32. The lowest BCUT2D eigenvalue weighted by Gasteiger charge is -2.26. The van der Waals surface area contributed by atoms with Gasteiger partial charge in [0.15, 0.2) is 0 Å². The Morgan fingerprint density at radius 2 is 2.12 bits per heavy atom. The normalized spacial score (nSPS) is 17.2. The highest BCUT2D eigenvalue weighted by Crippen LogP contribution is 2.25. The molecule has 1 aliphatic rings. The predicted molar refractivity (Wildman–Crippen MR) is 69.7 cm³/mol. The van der Waals surface area contributed by atoms with Crippen molar-refractivity contribution >= 4 is 0 Å². The lowest BCUT2D eigenvalue weighted by atomic mass is 10.2. The summed E-state index contributed by atoms with van der Waals surface area (Å²) in [5.41, 5.74) is 6.82. The molecule has 1 saturated carbocycles. The van der Waals surface area contributed by atoms with Gasteiger partial charge in [0, 0.05) is 18.2 Å². The van der Waals surface area contributed by atoms with Crippen LogP contribution in [0.4, 0.5) is 0 Å². The van der Waals surface area contributed by atoms with Gasteiger partial charge in [-0.1, -0.05) is 19.8 Å². The van der Waals surface area contributed by atoms with Gasteiger partial charge in [0.25, 0.3) is 0 Å². The Bertz CT molecular complexity index is 353. The Balaban J connectivity index is 2.01. The van der Waals surface area contributed by atoms with E-state index in [0.29, 0.717) is 6.54 Å². The number of nitrogens with zero attached hydrogens (tertiary/aromatic N) is 1. The van der Waals surface area contributed by atoms with E-state index in [9.17, 15) is 0 Å². The first-order valence-electron chi connectivity index (χ1n) is 6.77. The molecule has 0 unspecified atom stereocenters. The fourth-order valence-electron chi connectivity index (χ4n) is 2.84. The van der Waals surface area contributed by atoms with Crippen molar-refractivity contribution < 1.29 is 4.42 Å². The van der Waals surface area contributed by atoms with E-state index in [-0.39, 0.29) is 0 Å². The zero-order valence-electron chi connectivity index (χ0n) is 11.0. The Labute approximate surface area is 104 Å². The summed E-state index contributed by atoms with van der Waals surface area (Å²) < 4.78 is 5.78. The average Bonchev–Trinajstić information content (AvgIpc) is 2.95. The maximum atomic E-state index is 5.78. The fraction of sp³-hybridized carbons (Fsp3) is 0.714. The molecule has 3 nitrogen and oxygen atoms in total. The van der Waals surface area contributed by atoms with Crippen LogP contribution < -0.4 is 5.73 Å². The van der Waals surface area contributed by atoms with E-state index in [1.807, 2.05) is 6.92 Å². The van der Waals surface area contributed by atoms with E-state index >= 15 is 0 Å². The van der Waals surface area contributed by atoms with Gasteiger partial charge < -0.3 is 10.2 Å². The van der Waals surface area contributed by atoms with Gasteiger partial charge in [-0.15, -0.1) is 0 Å². The molecule has 1 aromatic rings. The van der Waals surface area contributed by atoms with Crippen LogP contribution in [0, 0.1) is 6.92 Å². The number of rotatable bonds is 5. The highest BCUT2D eigenvalue weighted by molar-refractivity contribution is 5.20. The Morgan fingerprint density at radius 1 is 1.41 bits per heavy atom. The quantitative estimate of drug-likeness (QED) is 0.854. The molecule has 0 aliphatic heterocycles. The van der Waals surface area contributed by atoms with Gasteiger partial charge in [0.05, 0.1) is 6.54 Å². The first-order valence-corrected chi connectivity index (χ1v) is 6.77. The molecule has 2 rings (SSSR count).